The number of fused-ring (bicyclic) bond motifs is 1. The number of nitrogens with one attached hydrogen (secondary N) is 1. The number of rotatable bonds is 4. The number of para-hydroxylation sites is 1. The number of benzene rings is 2. The quantitative estimate of drug-likeness (QED) is 0.243. The van der Waals surface area contributed by atoms with Crippen molar-refractivity contribution in [3.8, 4) is 11.3 Å². The van der Waals surface area contributed by atoms with Crippen molar-refractivity contribution in [1.82, 2.24) is 9.66 Å². The standard InChI is InChI=1S/C19H12N4O4S/c24-18-15-6-1-2-7-16(15)21-19(28)22(18)20-11-14-8-9-17(27-14)12-4-3-5-13(10-12)23(25)26/h1-11H,(H,21,28)/b20-11-. The summed E-state index contributed by atoms with van der Waals surface area (Å²) in [6, 6.07) is 16.4. The first-order valence-electron chi connectivity index (χ1n) is 8.16. The highest BCUT2D eigenvalue weighted by atomic mass is 32.1. The molecule has 4 rings (SSSR count). The van der Waals surface area contributed by atoms with Gasteiger partial charge < -0.3 is 9.40 Å². The van der Waals surface area contributed by atoms with Crippen LogP contribution in [0, 0.1) is 14.9 Å². The van der Waals surface area contributed by atoms with Gasteiger partial charge >= 0.3 is 0 Å². The normalized spacial score (nSPS) is 11.3. The van der Waals surface area contributed by atoms with Crippen LogP contribution >= 0.6 is 12.2 Å². The molecular formula is C19H12N4O4S. The van der Waals surface area contributed by atoms with Crippen LogP contribution in [0.25, 0.3) is 22.2 Å². The van der Waals surface area contributed by atoms with Crippen molar-refractivity contribution in [1.29, 1.82) is 0 Å². The lowest BCUT2D eigenvalue weighted by atomic mass is 10.1. The van der Waals surface area contributed by atoms with E-state index in [0.29, 0.717) is 28.0 Å². The van der Waals surface area contributed by atoms with Crippen LogP contribution < -0.4 is 5.56 Å². The third kappa shape index (κ3) is 3.26. The van der Waals surface area contributed by atoms with Gasteiger partial charge in [0.15, 0.2) is 0 Å². The molecule has 0 aliphatic carbocycles. The molecule has 1 N–H and O–H groups in total. The number of aromatic nitrogens is 2. The first-order chi connectivity index (χ1) is 13.5. The zero-order chi connectivity index (χ0) is 19.7. The molecule has 9 heteroatoms. The van der Waals surface area contributed by atoms with Gasteiger partial charge in [-0.3, -0.25) is 14.9 Å². The van der Waals surface area contributed by atoms with E-state index in [4.69, 9.17) is 16.6 Å². The minimum Gasteiger partial charge on any atom is -0.455 e. The van der Waals surface area contributed by atoms with E-state index >= 15 is 0 Å². The van der Waals surface area contributed by atoms with E-state index in [1.54, 1.807) is 48.5 Å². The Morgan fingerprint density at radius 1 is 1.14 bits per heavy atom. The highest BCUT2D eigenvalue weighted by Gasteiger charge is 2.10. The largest absolute Gasteiger partial charge is 0.455 e. The zero-order valence-electron chi connectivity index (χ0n) is 14.2. The Balaban J connectivity index is 1.68. The van der Waals surface area contributed by atoms with Gasteiger partial charge in [0.1, 0.15) is 11.5 Å². The Morgan fingerprint density at radius 3 is 2.79 bits per heavy atom. The van der Waals surface area contributed by atoms with E-state index in [9.17, 15) is 14.9 Å². The molecule has 0 spiro atoms. The van der Waals surface area contributed by atoms with E-state index in [1.165, 1.54) is 18.3 Å². The highest BCUT2D eigenvalue weighted by molar-refractivity contribution is 7.71. The minimum atomic E-state index is -0.470. The van der Waals surface area contributed by atoms with E-state index in [2.05, 4.69) is 10.1 Å². The zero-order valence-corrected chi connectivity index (χ0v) is 15.1. The molecule has 8 nitrogen and oxygen atoms in total. The number of furan rings is 1. The summed E-state index contributed by atoms with van der Waals surface area (Å²) in [5, 5.41) is 15.5. The topological polar surface area (TPSA) is 106 Å². The summed E-state index contributed by atoms with van der Waals surface area (Å²) >= 11 is 5.20. The van der Waals surface area contributed by atoms with E-state index in [-0.39, 0.29) is 16.0 Å². The van der Waals surface area contributed by atoms with Crippen LogP contribution in [0.1, 0.15) is 5.76 Å². The Morgan fingerprint density at radius 2 is 1.96 bits per heavy atom. The lowest BCUT2D eigenvalue weighted by Gasteiger charge is -2.01. The van der Waals surface area contributed by atoms with Gasteiger partial charge in [0, 0.05) is 17.7 Å². The summed E-state index contributed by atoms with van der Waals surface area (Å²) in [5.41, 5.74) is 0.822. The van der Waals surface area contributed by atoms with Crippen LogP contribution in [0.5, 0.6) is 0 Å². The Kier molecular flexibility index (Phi) is 4.42. The maximum absolute atomic E-state index is 12.6. The number of nitro benzene ring substituents is 1. The number of hydrogen-bond acceptors (Lipinski definition) is 6. The summed E-state index contributed by atoms with van der Waals surface area (Å²) in [5.74, 6) is 0.817. The molecule has 0 radical (unpaired) electrons. The van der Waals surface area contributed by atoms with Gasteiger partial charge in [0.05, 0.1) is 22.0 Å². The average Bonchev–Trinajstić information content (AvgIpc) is 3.17. The SMILES string of the molecule is O=c1c2ccccc2[nH]c(=S)n1/N=C\c1ccc(-c2cccc([N+](=O)[O-])c2)o1. The number of aromatic amines is 1. The second-order valence-electron chi connectivity index (χ2n) is 5.85. The maximum atomic E-state index is 12.6. The van der Waals surface area contributed by atoms with Gasteiger partial charge in [0.25, 0.3) is 11.2 Å². The highest BCUT2D eigenvalue weighted by Crippen LogP contribution is 2.25. The molecule has 138 valence electrons. The Bertz CT molecular complexity index is 1350. The summed E-state index contributed by atoms with van der Waals surface area (Å²) in [6.07, 6.45) is 1.36. The van der Waals surface area contributed by atoms with Crippen LogP contribution in [-0.4, -0.2) is 20.8 Å². The Hall–Kier alpha value is -3.85. The predicted octanol–water partition coefficient (Wildman–Crippen LogP) is 4.11. The van der Waals surface area contributed by atoms with Crippen molar-refractivity contribution < 1.29 is 9.34 Å². The van der Waals surface area contributed by atoms with Crippen molar-refractivity contribution in [2.75, 3.05) is 0 Å². The van der Waals surface area contributed by atoms with Gasteiger partial charge in [-0.1, -0.05) is 24.3 Å². The molecular weight excluding hydrogens is 380 g/mol. The van der Waals surface area contributed by atoms with Gasteiger partial charge in [0.2, 0.25) is 4.77 Å². The van der Waals surface area contributed by atoms with Gasteiger partial charge in [-0.25, -0.2) is 0 Å². The fourth-order valence-electron chi connectivity index (χ4n) is 2.72. The molecule has 2 aromatic heterocycles. The van der Waals surface area contributed by atoms with E-state index in [0.717, 1.165) is 4.68 Å². The first kappa shape index (κ1) is 17.6. The second kappa shape index (κ2) is 7.05. The molecule has 2 aromatic carbocycles. The molecule has 0 unspecified atom stereocenters. The lowest BCUT2D eigenvalue weighted by Crippen LogP contribution is -2.18. The summed E-state index contributed by atoms with van der Waals surface area (Å²) in [6.45, 7) is 0. The molecule has 4 aromatic rings. The number of non-ortho nitro benzene ring substituents is 1. The van der Waals surface area contributed by atoms with Crippen LogP contribution in [-0.2, 0) is 0 Å². The van der Waals surface area contributed by atoms with Crippen molar-refractivity contribution in [3.05, 3.63) is 91.7 Å². The fraction of sp³-hybridized carbons (Fsp3) is 0. The molecule has 0 bridgehead atoms. The van der Waals surface area contributed by atoms with Crippen molar-refractivity contribution >= 4 is 35.0 Å². The molecule has 2 heterocycles. The first-order valence-corrected chi connectivity index (χ1v) is 8.57. The molecule has 28 heavy (non-hydrogen) atoms. The van der Waals surface area contributed by atoms with Crippen molar-refractivity contribution in [2.24, 2.45) is 5.10 Å². The maximum Gasteiger partial charge on any atom is 0.282 e. The molecule has 0 amide bonds. The van der Waals surface area contributed by atoms with Gasteiger partial charge in [-0.15, -0.1) is 0 Å². The average molecular weight is 392 g/mol. The van der Waals surface area contributed by atoms with Crippen molar-refractivity contribution in [3.63, 3.8) is 0 Å². The fourth-order valence-corrected chi connectivity index (χ4v) is 2.96. The molecule has 0 saturated heterocycles. The summed E-state index contributed by atoms with van der Waals surface area (Å²) in [7, 11) is 0. The number of nitro groups is 1. The molecule has 0 fully saturated rings. The van der Waals surface area contributed by atoms with Crippen LogP contribution in [0.15, 0.2) is 75.0 Å². The number of nitrogens with zero attached hydrogens (tertiary/aromatic N) is 3. The van der Waals surface area contributed by atoms with E-state index in [1.807, 2.05) is 0 Å². The predicted molar refractivity (Wildman–Crippen MR) is 107 cm³/mol. The minimum absolute atomic E-state index is 0.0295. The second-order valence-corrected chi connectivity index (χ2v) is 6.23. The lowest BCUT2D eigenvalue weighted by molar-refractivity contribution is -0.384. The van der Waals surface area contributed by atoms with Crippen LogP contribution in [0.3, 0.4) is 0 Å². The molecule has 0 aliphatic heterocycles. The van der Waals surface area contributed by atoms with Crippen LogP contribution in [0.2, 0.25) is 0 Å². The summed E-state index contributed by atoms with van der Waals surface area (Å²) < 4.78 is 6.90. The van der Waals surface area contributed by atoms with Gasteiger partial charge in [-0.05, 0) is 36.5 Å². The molecule has 0 atom stereocenters. The monoisotopic (exact) mass is 392 g/mol. The summed E-state index contributed by atoms with van der Waals surface area (Å²) in [4.78, 5) is 26.0. The van der Waals surface area contributed by atoms with Crippen LogP contribution in [0.4, 0.5) is 5.69 Å². The third-order valence-corrected chi connectivity index (χ3v) is 4.33. The third-order valence-electron chi connectivity index (χ3n) is 4.05. The van der Waals surface area contributed by atoms with E-state index < -0.39 is 4.92 Å². The van der Waals surface area contributed by atoms with Crippen molar-refractivity contribution in [2.45, 2.75) is 0 Å². The number of H-pyrrole nitrogens is 1. The smallest absolute Gasteiger partial charge is 0.282 e. The molecule has 0 saturated carbocycles. The number of hydrogen-bond donors (Lipinski definition) is 1. The molecule has 0 aliphatic rings. The Labute approximate surface area is 162 Å². The van der Waals surface area contributed by atoms with Gasteiger partial charge in [-0.2, -0.15) is 9.78 Å².